The highest BCUT2D eigenvalue weighted by Crippen LogP contribution is 2.33. The van der Waals surface area contributed by atoms with Gasteiger partial charge in [0.15, 0.2) is 5.82 Å². The second kappa shape index (κ2) is 11.6. The molecule has 10 nitrogen and oxygen atoms in total. The highest BCUT2D eigenvalue weighted by atomic mass is 16.5. The Morgan fingerprint density at radius 2 is 1.65 bits per heavy atom. The van der Waals surface area contributed by atoms with Gasteiger partial charge in [-0.25, -0.2) is 14.3 Å². The summed E-state index contributed by atoms with van der Waals surface area (Å²) in [6.45, 7) is 4.42. The highest BCUT2D eigenvalue weighted by Gasteiger charge is 2.21. The van der Waals surface area contributed by atoms with Crippen molar-refractivity contribution < 1.29 is 14.3 Å². The lowest BCUT2D eigenvalue weighted by Gasteiger charge is -2.11. The summed E-state index contributed by atoms with van der Waals surface area (Å²) in [6.07, 6.45) is 3.89. The normalized spacial score (nSPS) is 10.8. The number of amides is 3. The van der Waals surface area contributed by atoms with E-state index in [1.807, 2.05) is 37.3 Å². The van der Waals surface area contributed by atoms with Gasteiger partial charge in [-0.2, -0.15) is 5.10 Å². The number of ether oxygens (including phenoxy) is 1. The summed E-state index contributed by atoms with van der Waals surface area (Å²) >= 11 is 0. The molecule has 0 spiro atoms. The third kappa shape index (κ3) is 5.70. The van der Waals surface area contributed by atoms with Crippen LogP contribution in [0.4, 0.5) is 22.0 Å². The van der Waals surface area contributed by atoms with Gasteiger partial charge < -0.3 is 26.4 Å². The fourth-order valence-electron chi connectivity index (χ4n) is 4.37. The molecule has 10 heteroatoms. The van der Waals surface area contributed by atoms with E-state index in [2.05, 4.69) is 39.0 Å². The van der Waals surface area contributed by atoms with Gasteiger partial charge in [0, 0.05) is 35.7 Å². The number of aromatic nitrogens is 3. The van der Waals surface area contributed by atoms with E-state index >= 15 is 0 Å². The molecule has 0 radical (unpaired) electrons. The summed E-state index contributed by atoms with van der Waals surface area (Å²) in [4.78, 5) is 29.6. The predicted molar refractivity (Wildman–Crippen MR) is 156 cm³/mol. The number of carbonyl (C=O) groups is 2. The van der Waals surface area contributed by atoms with E-state index in [4.69, 9.17) is 10.5 Å². The fourth-order valence-corrected chi connectivity index (χ4v) is 4.37. The van der Waals surface area contributed by atoms with Crippen molar-refractivity contribution >= 4 is 34.6 Å². The van der Waals surface area contributed by atoms with Crippen LogP contribution in [0, 0.1) is 0 Å². The van der Waals surface area contributed by atoms with Crippen molar-refractivity contribution in [1.29, 1.82) is 0 Å². The molecule has 0 atom stereocenters. The predicted octanol–water partition coefficient (Wildman–Crippen LogP) is 5.73. The molecule has 0 saturated carbocycles. The average molecular weight is 536 g/mol. The van der Waals surface area contributed by atoms with Gasteiger partial charge in [0.2, 0.25) is 0 Å². The van der Waals surface area contributed by atoms with Gasteiger partial charge >= 0.3 is 6.03 Å². The average Bonchev–Trinajstić information content (AvgIpc) is 3.35. The summed E-state index contributed by atoms with van der Waals surface area (Å²) < 4.78 is 7.51. The minimum Gasteiger partial charge on any atom is -0.457 e. The number of carbonyl (C=O) groups excluding carboxylic acids is 2. The van der Waals surface area contributed by atoms with E-state index in [1.54, 1.807) is 47.1 Å². The number of rotatable bonds is 8. The Morgan fingerprint density at radius 3 is 2.40 bits per heavy atom. The Morgan fingerprint density at radius 1 is 0.925 bits per heavy atom. The topological polar surface area (TPSA) is 136 Å². The molecule has 5 rings (SSSR count). The molecule has 3 amide bonds. The molecule has 0 aliphatic carbocycles. The monoisotopic (exact) mass is 535 g/mol. The van der Waals surface area contributed by atoms with Gasteiger partial charge in [0.1, 0.15) is 23.3 Å². The largest absolute Gasteiger partial charge is 0.457 e. The number of nitrogens with two attached hydrogens (primary N) is 1. The van der Waals surface area contributed by atoms with Crippen LogP contribution in [-0.2, 0) is 6.42 Å². The molecular weight excluding hydrogens is 506 g/mol. The molecule has 202 valence electrons. The molecule has 0 aliphatic heterocycles. The van der Waals surface area contributed by atoms with Crippen LogP contribution in [0.3, 0.4) is 0 Å². The molecule has 0 aliphatic rings. The van der Waals surface area contributed by atoms with Crippen molar-refractivity contribution in [1.82, 2.24) is 19.9 Å². The molecule has 2 heterocycles. The number of urea groups is 1. The lowest BCUT2D eigenvalue weighted by atomic mass is 10.0. The van der Waals surface area contributed by atoms with Gasteiger partial charge in [-0.05, 0) is 60.9 Å². The van der Waals surface area contributed by atoms with Crippen LogP contribution in [0.15, 0.2) is 85.3 Å². The summed E-state index contributed by atoms with van der Waals surface area (Å²) in [6, 6.07) is 21.8. The van der Waals surface area contributed by atoms with E-state index < -0.39 is 6.03 Å². The molecule has 2 aromatic heterocycles. The minimum absolute atomic E-state index is 0.242. The molecule has 0 saturated heterocycles. The van der Waals surface area contributed by atoms with Gasteiger partial charge in [0.25, 0.3) is 5.91 Å². The summed E-state index contributed by atoms with van der Waals surface area (Å²) in [7, 11) is 0. The Kier molecular flexibility index (Phi) is 7.58. The van der Waals surface area contributed by atoms with Gasteiger partial charge in [-0.15, -0.1) is 0 Å². The first-order chi connectivity index (χ1) is 19.4. The molecule has 0 fully saturated rings. The number of fused-ring (bicyclic) bond motifs is 1. The second-order valence-corrected chi connectivity index (χ2v) is 9.00. The maximum atomic E-state index is 12.8. The number of aryl methyl sites for hydroxylation is 1. The van der Waals surface area contributed by atoms with Crippen molar-refractivity contribution in [2.45, 2.75) is 20.3 Å². The highest BCUT2D eigenvalue weighted by molar-refractivity contribution is 6.07. The van der Waals surface area contributed by atoms with E-state index in [-0.39, 0.29) is 11.7 Å². The number of hydrogen-bond acceptors (Lipinski definition) is 6. The molecule has 0 unspecified atom stereocenters. The molecule has 5 N–H and O–H groups in total. The summed E-state index contributed by atoms with van der Waals surface area (Å²) in [5.41, 5.74) is 10.8. The van der Waals surface area contributed by atoms with E-state index in [0.29, 0.717) is 40.3 Å². The second-order valence-electron chi connectivity index (χ2n) is 9.00. The van der Waals surface area contributed by atoms with Crippen LogP contribution in [0.1, 0.15) is 29.8 Å². The van der Waals surface area contributed by atoms with Crippen LogP contribution >= 0.6 is 0 Å². The van der Waals surface area contributed by atoms with E-state index in [9.17, 15) is 9.59 Å². The molecule has 0 bridgehead atoms. The first-order valence-electron chi connectivity index (χ1n) is 12.9. The molecular formula is C30H29N7O3. The van der Waals surface area contributed by atoms with E-state index in [0.717, 1.165) is 17.7 Å². The SMILES string of the molecule is CCNC(=O)c1cn2ncnc(N)c2c1-c1ccc(NC(=O)Nc2cccc(Oc3cccc(CC)c3)c2)cc1. The lowest BCUT2D eigenvalue weighted by Crippen LogP contribution is -2.22. The number of nitrogens with one attached hydrogen (secondary N) is 3. The van der Waals surface area contributed by atoms with Crippen LogP contribution < -0.4 is 26.4 Å². The van der Waals surface area contributed by atoms with Gasteiger partial charge in [0.05, 0.1) is 5.56 Å². The Hall–Kier alpha value is -5.38. The lowest BCUT2D eigenvalue weighted by molar-refractivity contribution is 0.0956. The Balaban J connectivity index is 1.31. The van der Waals surface area contributed by atoms with Crippen molar-refractivity contribution in [2.75, 3.05) is 22.9 Å². The standard InChI is InChI=1S/C30H29N7O3/c1-3-19-7-5-9-23(15-19)40-24-10-6-8-22(16-24)36-30(39)35-21-13-11-20(12-14-21)26-25(29(38)32-4-2)17-37-27(26)28(31)33-18-34-37/h5-18H,3-4H2,1-2H3,(H,32,38)(H2,31,33,34)(H2,35,36,39). The minimum atomic E-state index is -0.409. The number of hydrogen-bond donors (Lipinski definition) is 4. The number of nitrogen functional groups attached to an aromatic ring is 1. The van der Waals surface area contributed by atoms with Crippen molar-refractivity contribution in [3.05, 3.63) is 96.4 Å². The maximum absolute atomic E-state index is 12.8. The van der Waals surface area contributed by atoms with Gasteiger partial charge in [-0.1, -0.05) is 37.3 Å². The van der Waals surface area contributed by atoms with Crippen molar-refractivity contribution in [3.8, 4) is 22.6 Å². The zero-order chi connectivity index (χ0) is 28.1. The quantitative estimate of drug-likeness (QED) is 0.200. The number of nitrogens with zero attached hydrogens (tertiary/aromatic N) is 3. The third-order valence-electron chi connectivity index (χ3n) is 6.25. The number of anilines is 3. The zero-order valence-electron chi connectivity index (χ0n) is 22.1. The van der Waals surface area contributed by atoms with Crippen LogP contribution in [0.25, 0.3) is 16.6 Å². The fraction of sp³-hybridized carbons (Fsp3) is 0.133. The smallest absolute Gasteiger partial charge is 0.323 e. The summed E-state index contributed by atoms with van der Waals surface area (Å²) in [5, 5.41) is 12.7. The molecule has 3 aromatic carbocycles. The van der Waals surface area contributed by atoms with Crippen LogP contribution in [0.2, 0.25) is 0 Å². The van der Waals surface area contributed by atoms with Crippen molar-refractivity contribution in [3.63, 3.8) is 0 Å². The van der Waals surface area contributed by atoms with E-state index in [1.165, 1.54) is 11.9 Å². The first-order valence-corrected chi connectivity index (χ1v) is 12.9. The van der Waals surface area contributed by atoms with Crippen LogP contribution in [-0.4, -0.2) is 33.1 Å². The number of benzene rings is 3. The molecule has 40 heavy (non-hydrogen) atoms. The summed E-state index contributed by atoms with van der Waals surface area (Å²) in [5.74, 6) is 1.36. The zero-order valence-corrected chi connectivity index (χ0v) is 22.1. The van der Waals surface area contributed by atoms with Crippen LogP contribution in [0.5, 0.6) is 11.5 Å². The first kappa shape index (κ1) is 26.2. The third-order valence-corrected chi connectivity index (χ3v) is 6.25. The van der Waals surface area contributed by atoms with Crippen molar-refractivity contribution in [2.24, 2.45) is 0 Å². The van der Waals surface area contributed by atoms with Gasteiger partial charge in [-0.3, -0.25) is 4.79 Å². The molecule has 5 aromatic rings. The Labute approximate surface area is 231 Å². The Bertz CT molecular complexity index is 1680. The maximum Gasteiger partial charge on any atom is 0.323 e.